The van der Waals surface area contributed by atoms with Crippen LogP contribution in [-0.4, -0.2) is 33.8 Å². The number of anilines is 1. The molecule has 3 heterocycles. The van der Waals surface area contributed by atoms with Gasteiger partial charge in [-0.2, -0.15) is 5.10 Å². The Labute approximate surface area is 127 Å². The number of nitrogens with zero attached hydrogens (tertiary/aromatic N) is 4. The molecule has 6 nitrogen and oxygen atoms in total. The summed E-state index contributed by atoms with van der Waals surface area (Å²) in [6, 6.07) is 1.85. The van der Waals surface area contributed by atoms with Gasteiger partial charge in [-0.1, -0.05) is 11.6 Å². The lowest BCUT2D eigenvalue weighted by molar-refractivity contribution is -0.121. The van der Waals surface area contributed by atoms with Gasteiger partial charge in [-0.3, -0.25) is 14.5 Å². The SMILES string of the molecule is Cn1cc([C@H]2CN(c3ccncc3Cl)C[C@@H]2C(N)=O)cn1. The Hall–Kier alpha value is -2.08. The molecule has 1 fully saturated rings. The van der Waals surface area contributed by atoms with Gasteiger partial charge in [0.15, 0.2) is 0 Å². The zero-order valence-electron chi connectivity index (χ0n) is 11.6. The molecule has 0 unspecified atom stereocenters. The second-order valence-electron chi connectivity index (χ2n) is 5.29. The van der Waals surface area contributed by atoms with Crippen LogP contribution in [0.4, 0.5) is 5.69 Å². The Kier molecular flexibility index (Phi) is 3.55. The number of primary amides is 1. The molecule has 0 aromatic carbocycles. The van der Waals surface area contributed by atoms with Crippen LogP contribution < -0.4 is 10.6 Å². The van der Waals surface area contributed by atoms with Gasteiger partial charge in [0, 0.05) is 44.6 Å². The summed E-state index contributed by atoms with van der Waals surface area (Å²) in [6.45, 7) is 1.24. The van der Waals surface area contributed by atoms with Crippen molar-refractivity contribution in [1.82, 2.24) is 14.8 Å². The number of hydrogen-bond donors (Lipinski definition) is 1. The number of nitrogens with two attached hydrogens (primary N) is 1. The zero-order chi connectivity index (χ0) is 15.0. The number of rotatable bonds is 3. The monoisotopic (exact) mass is 305 g/mol. The van der Waals surface area contributed by atoms with Crippen LogP contribution in [-0.2, 0) is 11.8 Å². The van der Waals surface area contributed by atoms with Crippen molar-refractivity contribution in [1.29, 1.82) is 0 Å². The van der Waals surface area contributed by atoms with Crippen LogP contribution in [0, 0.1) is 5.92 Å². The molecule has 0 saturated carbocycles. The van der Waals surface area contributed by atoms with Crippen LogP contribution in [0.1, 0.15) is 11.5 Å². The third kappa shape index (κ3) is 2.58. The van der Waals surface area contributed by atoms with Gasteiger partial charge in [0.25, 0.3) is 0 Å². The Morgan fingerprint density at radius 3 is 2.86 bits per heavy atom. The Bertz CT molecular complexity index is 671. The molecule has 2 N–H and O–H groups in total. The minimum Gasteiger partial charge on any atom is -0.369 e. The third-order valence-corrected chi connectivity index (χ3v) is 4.22. The van der Waals surface area contributed by atoms with Crippen LogP contribution >= 0.6 is 11.6 Å². The molecule has 0 bridgehead atoms. The van der Waals surface area contributed by atoms with E-state index < -0.39 is 0 Å². The van der Waals surface area contributed by atoms with Crippen molar-refractivity contribution in [2.75, 3.05) is 18.0 Å². The highest BCUT2D eigenvalue weighted by atomic mass is 35.5. The van der Waals surface area contributed by atoms with Gasteiger partial charge in [-0.25, -0.2) is 0 Å². The van der Waals surface area contributed by atoms with Crippen molar-refractivity contribution in [2.45, 2.75) is 5.92 Å². The fourth-order valence-corrected chi connectivity index (χ4v) is 3.12. The average Bonchev–Trinajstić information content (AvgIpc) is 3.05. The molecule has 21 heavy (non-hydrogen) atoms. The molecular weight excluding hydrogens is 290 g/mol. The normalized spacial score (nSPS) is 21.7. The first-order valence-electron chi connectivity index (χ1n) is 6.68. The molecule has 110 valence electrons. The van der Waals surface area contributed by atoms with Crippen LogP contribution in [0.15, 0.2) is 30.9 Å². The molecular formula is C14H16ClN5O. The van der Waals surface area contributed by atoms with Crippen molar-refractivity contribution < 1.29 is 4.79 Å². The topological polar surface area (TPSA) is 77.0 Å². The highest BCUT2D eigenvalue weighted by Crippen LogP contribution is 2.37. The first kappa shape index (κ1) is 13.9. The van der Waals surface area contributed by atoms with E-state index in [4.69, 9.17) is 17.3 Å². The standard InChI is InChI=1S/C14H16ClN5O/c1-19-6-9(4-18-19)10-7-20(8-11(10)14(16)21)13-2-3-17-5-12(13)15/h2-6,10-11H,7-8H2,1H3,(H2,16,21)/t10-,11+/m1/s1. The number of amides is 1. The first-order chi connectivity index (χ1) is 10.1. The molecule has 7 heteroatoms. The van der Waals surface area contributed by atoms with E-state index in [1.165, 1.54) is 0 Å². The van der Waals surface area contributed by atoms with Gasteiger partial charge in [-0.05, 0) is 11.6 Å². The molecule has 0 spiro atoms. The highest BCUT2D eigenvalue weighted by Gasteiger charge is 2.38. The third-order valence-electron chi connectivity index (χ3n) is 3.93. The number of halogens is 1. The summed E-state index contributed by atoms with van der Waals surface area (Å²) < 4.78 is 1.73. The summed E-state index contributed by atoms with van der Waals surface area (Å²) in [7, 11) is 1.86. The lowest BCUT2D eigenvalue weighted by Crippen LogP contribution is -2.29. The van der Waals surface area contributed by atoms with Crippen LogP contribution in [0.25, 0.3) is 0 Å². The predicted octanol–water partition coefficient (Wildman–Crippen LogP) is 1.17. The number of aromatic nitrogens is 3. The second-order valence-corrected chi connectivity index (χ2v) is 5.70. The second kappa shape index (κ2) is 5.37. The Balaban J connectivity index is 1.91. The molecule has 2 aromatic heterocycles. The van der Waals surface area contributed by atoms with Crippen LogP contribution in [0.3, 0.4) is 0 Å². The molecule has 1 amide bonds. The Morgan fingerprint density at radius 2 is 2.24 bits per heavy atom. The summed E-state index contributed by atoms with van der Waals surface area (Å²) in [5, 5.41) is 4.76. The van der Waals surface area contributed by atoms with Gasteiger partial charge >= 0.3 is 0 Å². The van der Waals surface area contributed by atoms with E-state index in [2.05, 4.69) is 15.0 Å². The maximum absolute atomic E-state index is 11.8. The van der Waals surface area contributed by atoms with E-state index in [1.807, 2.05) is 19.3 Å². The average molecular weight is 306 g/mol. The smallest absolute Gasteiger partial charge is 0.223 e. The molecule has 1 aliphatic heterocycles. The van der Waals surface area contributed by atoms with Gasteiger partial charge in [0.05, 0.1) is 22.8 Å². The largest absolute Gasteiger partial charge is 0.369 e. The zero-order valence-corrected chi connectivity index (χ0v) is 12.4. The Morgan fingerprint density at radius 1 is 1.43 bits per heavy atom. The summed E-state index contributed by atoms with van der Waals surface area (Å²) in [5.74, 6) is -0.518. The molecule has 1 saturated heterocycles. The molecule has 0 radical (unpaired) electrons. The van der Waals surface area contributed by atoms with E-state index in [0.717, 1.165) is 11.3 Å². The number of carbonyl (C=O) groups is 1. The van der Waals surface area contributed by atoms with Crippen LogP contribution in [0.5, 0.6) is 0 Å². The van der Waals surface area contributed by atoms with Crippen molar-refractivity contribution in [2.24, 2.45) is 18.7 Å². The van der Waals surface area contributed by atoms with Crippen molar-refractivity contribution >= 4 is 23.2 Å². The van der Waals surface area contributed by atoms with E-state index in [1.54, 1.807) is 23.3 Å². The summed E-state index contributed by atoms with van der Waals surface area (Å²) in [6.07, 6.45) is 7.02. The van der Waals surface area contributed by atoms with Gasteiger partial charge in [0.1, 0.15) is 0 Å². The molecule has 2 aromatic rings. The van der Waals surface area contributed by atoms with E-state index in [0.29, 0.717) is 18.1 Å². The molecule has 2 atom stereocenters. The molecule has 3 rings (SSSR count). The van der Waals surface area contributed by atoms with Crippen molar-refractivity contribution in [3.8, 4) is 0 Å². The van der Waals surface area contributed by atoms with Crippen molar-refractivity contribution in [3.63, 3.8) is 0 Å². The summed E-state index contributed by atoms with van der Waals surface area (Å²) in [4.78, 5) is 17.8. The number of pyridine rings is 1. The van der Waals surface area contributed by atoms with Gasteiger partial charge in [0.2, 0.25) is 5.91 Å². The summed E-state index contributed by atoms with van der Waals surface area (Å²) >= 11 is 6.19. The predicted molar refractivity (Wildman–Crippen MR) is 80.1 cm³/mol. The maximum Gasteiger partial charge on any atom is 0.223 e. The number of hydrogen-bond acceptors (Lipinski definition) is 4. The van der Waals surface area contributed by atoms with E-state index in [-0.39, 0.29) is 17.7 Å². The summed E-state index contributed by atoms with van der Waals surface area (Å²) in [5.41, 5.74) is 7.47. The van der Waals surface area contributed by atoms with E-state index >= 15 is 0 Å². The van der Waals surface area contributed by atoms with Gasteiger partial charge < -0.3 is 10.6 Å². The maximum atomic E-state index is 11.8. The minimum absolute atomic E-state index is 0.0282. The fourth-order valence-electron chi connectivity index (χ4n) is 2.88. The first-order valence-corrected chi connectivity index (χ1v) is 7.06. The van der Waals surface area contributed by atoms with Crippen LogP contribution in [0.2, 0.25) is 5.02 Å². The lowest BCUT2D eigenvalue weighted by Gasteiger charge is -2.19. The molecule has 0 aliphatic carbocycles. The number of carbonyl (C=O) groups excluding carboxylic acids is 1. The van der Waals surface area contributed by atoms with Gasteiger partial charge in [-0.15, -0.1) is 0 Å². The fraction of sp³-hybridized carbons (Fsp3) is 0.357. The minimum atomic E-state index is -0.295. The quantitative estimate of drug-likeness (QED) is 0.923. The molecule has 1 aliphatic rings. The number of aryl methyl sites for hydroxylation is 1. The van der Waals surface area contributed by atoms with E-state index in [9.17, 15) is 4.79 Å². The highest BCUT2D eigenvalue weighted by molar-refractivity contribution is 6.33. The lowest BCUT2D eigenvalue weighted by atomic mass is 9.90. The van der Waals surface area contributed by atoms with Crippen molar-refractivity contribution in [3.05, 3.63) is 41.4 Å².